The van der Waals surface area contributed by atoms with Crippen molar-refractivity contribution < 1.29 is 5.11 Å². The molecule has 0 unspecified atom stereocenters. The van der Waals surface area contributed by atoms with E-state index in [2.05, 4.69) is 33.9 Å². The zero-order valence-corrected chi connectivity index (χ0v) is 11.0. The molecule has 0 spiro atoms. The van der Waals surface area contributed by atoms with Crippen molar-refractivity contribution >= 4 is 0 Å². The molecule has 1 N–H and O–H groups in total. The van der Waals surface area contributed by atoms with Crippen LogP contribution in [-0.4, -0.2) is 11.7 Å². The molecule has 0 aromatic carbocycles. The van der Waals surface area contributed by atoms with Crippen molar-refractivity contribution in [3.8, 4) is 0 Å². The maximum atomic E-state index is 8.07. The molecule has 0 aromatic rings. The van der Waals surface area contributed by atoms with E-state index in [9.17, 15) is 0 Å². The first-order valence-electron chi connectivity index (χ1n) is 6.07. The van der Waals surface area contributed by atoms with Crippen LogP contribution in [0.4, 0.5) is 0 Å². The molecule has 0 aliphatic carbocycles. The van der Waals surface area contributed by atoms with Crippen molar-refractivity contribution in [1.82, 2.24) is 0 Å². The van der Waals surface area contributed by atoms with Gasteiger partial charge < -0.3 is 5.11 Å². The molecule has 0 saturated carbocycles. The Morgan fingerprint density at radius 1 is 0.867 bits per heavy atom. The summed E-state index contributed by atoms with van der Waals surface area (Å²) < 4.78 is 0. The van der Waals surface area contributed by atoms with Gasteiger partial charge in [-0.25, -0.2) is 0 Å². The smallest absolute Gasteiger partial charge is 0.0430 e. The molecule has 0 rings (SSSR count). The van der Waals surface area contributed by atoms with Gasteiger partial charge in [0.05, 0.1) is 0 Å². The number of rotatable bonds is 6. The Balaban J connectivity index is -0.000000144. The highest BCUT2D eigenvalue weighted by molar-refractivity contribution is 4.63. The average Bonchev–Trinajstić information content (AvgIpc) is 2.23. The van der Waals surface area contributed by atoms with Crippen LogP contribution in [0, 0.1) is 0 Å². The molecule has 0 aromatic heterocycles. The van der Waals surface area contributed by atoms with Crippen molar-refractivity contribution in [1.29, 1.82) is 0 Å². The Morgan fingerprint density at radius 3 is 1.27 bits per heavy atom. The van der Waals surface area contributed by atoms with Gasteiger partial charge in [0.2, 0.25) is 0 Å². The summed E-state index contributed by atoms with van der Waals surface area (Å²) in [5.41, 5.74) is 0. The van der Waals surface area contributed by atoms with E-state index in [4.69, 9.17) is 5.11 Å². The first-order chi connectivity index (χ1) is 7.24. The quantitative estimate of drug-likeness (QED) is 0.634. The molecule has 0 amide bonds. The lowest BCUT2D eigenvalue weighted by atomic mass is 10.3. The SMILES string of the molecule is C=CCCC.C=CCCC.CCCCO. The molecule has 0 heterocycles. The first kappa shape index (κ1) is 19.9. The molecule has 1 heteroatoms. The van der Waals surface area contributed by atoms with Crippen LogP contribution in [-0.2, 0) is 0 Å². The predicted molar refractivity (Wildman–Crippen MR) is 72.2 cm³/mol. The highest BCUT2D eigenvalue weighted by Crippen LogP contribution is 1.82. The van der Waals surface area contributed by atoms with Crippen molar-refractivity contribution in [2.75, 3.05) is 6.61 Å². The maximum absolute atomic E-state index is 8.07. The fourth-order valence-corrected chi connectivity index (χ4v) is 0.566. The van der Waals surface area contributed by atoms with Crippen LogP contribution in [0.25, 0.3) is 0 Å². The molecule has 1 nitrogen and oxygen atoms in total. The third-order valence-electron chi connectivity index (χ3n) is 1.50. The van der Waals surface area contributed by atoms with Gasteiger partial charge in [-0.3, -0.25) is 0 Å². The Labute approximate surface area is 96.9 Å². The zero-order chi connectivity index (χ0) is 12.4. The first-order valence-corrected chi connectivity index (χ1v) is 6.07. The Hall–Kier alpha value is -0.560. The average molecular weight is 214 g/mol. The van der Waals surface area contributed by atoms with Gasteiger partial charge >= 0.3 is 0 Å². The third kappa shape index (κ3) is 59.4. The second-order valence-corrected chi connectivity index (χ2v) is 3.23. The molecular formula is C14H30O. The Kier molecular flexibility index (Phi) is 38.8. The molecule has 92 valence electrons. The molecule has 0 aliphatic heterocycles. The summed E-state index contributed by atoms with van der Waals surface area (Å²) in [6.07, 6.45) is 10.7. The number of unbranched alkanes of at least 4 members (excludes halogenated alkanes) is 3. The lowest BCUT2D eigenvalue weighted by Gasteiger charge is -1.79. The molecule has 0 bridgehead atoms. The van der Waals surface area contributed by atoms with E-state index in [-0.39, 0.29) is 0 Å². The van der Waals surface area contributed by atoms with Crippen LogP contribution in [0.2, 0.25) is 0 Å². The lowest BCUT2D eigenvalue weighted by molar-refractivity contribution is 0.287. The standard InChI is InChI=1S/2C5H10.C4H10O/c2*1-3-5-4-2;1-2-3-4-5/h2*3H,1,4-5H2,2H3;5H,2-4H2,1H3. The van der Waals surface area contributed by atoms with Gasteiger partial charge in [0.1, 0.15) is 0 Å². The minimum Gasteiger partial charge on any atom is -0.396 e. The second-order valence-electron chi connectivity index (χ2n) is 3.23. The van der Waals surface area contributed by atoms with Crippen LogP contribution < -0.4 is 0 Å². The van der Waals surface area contributed by atoms with Crippen molar-refractivity contribution in [3.05, 3.63) is 25.3 Å². The fourth-order valence-electron chi connectivity index (χ4n) is 0.566. The predicted octanol–water partition coefficient (Wildman–Crippen LogP) is 4.72. The summed E-state index contributed by atoms with van der Waals surface area (Å²) in [4.78, 5) is 0. The molecule has 0 fully saturated rings. The summed E-state index contributed by atoms with van der Waals surface area (Å²) in [5.74, 6) is 0. The number of hydrogen-bond acceptors (Lipinski definition) is 1. The van der Waals surface area contributed by atoms with Crippen LogP contribution in [0.1, 0.15) is 59.3 Å². The van der Waals surface area contributed by atoms with Crippen molar-refractivity contribution in [2.45, 2.75) is 59.3 Å². The normalized spacial score (nSPS) is 7.73. The molecule has 0 aliphatic rings. The second kappa shape index (κ2) is 29.2. The molecule has 0 saturated heterocycles. The zero-order valence-electron chi connectivity index (χ0n) is 11.0. The topological polar surface area (TPSA) is 20.2 Å². The summed E-state index contributed by atoms with van der Waals surface area (Å²) >= 11 is 0. The van der Waals surface area contributed by atoms with Crippen LogP contribution in [0.5, 0.6) is 0 Å². The summed E-state index contributed by atoms with van der Waals surface area (Å²) in [6.45, 7) is 13.8. The van der Waals surface area contributed by atoms with Crippen molar-refractivity contribution in [2.24, 2.45) is 0 Å². The summed E-state index contributed by atoms with van der Waals surface area (Å²) in [6, 6.07) is 0. The summed E-state index contributed by atoms with van der Waals surface area (Å²) in [5, 5.41) is 8.07. The number of aliphatic hydroxyl groups excluding tert-OH is 1. The van der Waals surface area contributed by atoms with Gasteiger partial charge in [-0.15, -0.1) is 13.2 Å². The van der Waals surface area contributed by atoms with E-state index in [0.29, 0.717) is 6.61 Å². The van der Waals surface area contributed by atoms with E-state index in [1.165, 1.54) is 12.8 Å². The Bertz CT molecular complexity index is 85.5. The minimum atomic E-state index is 0.344. The van der Waals surface area contributed by atoms with Gasteiger partial charge in [0.15, 0.2) is 0 Å². The molecule has 0 radical (unpaired) electrons. The number of hydrogen-bond donors (Lipinski definition) is 1. The van der Waals surface area contributed by atoms with E-state index in [0.717, 1.165) is 25.7 Å². The largest absolute Gasteiger partial charge is 0.396 e. The van der Waals surface area contributed by atoms with E-state index in [1.807, 2.05) is 12.2 Å². The van der Waals surface area contributed by atoms with E-state index in [1.54, 1.807) is 0 Å². The molecule has 15 heavy (non-hydrogen) atoms. The van der Waals surface area contributed by atoms with Gasteiger partial charge in [-0.2, -0.15) is 0 Å². The maximum Gasteiger partial charge on any atom is 0.0430 e. The van der Waals surface area contributed by atoms with Crippen LogP contribution in [0.3, 0.4) is 0 Å². The van der Waals surface area contributed by atoms with Crippen LogP contribution in [0.15, 0.2) is 25.3 Å². The van der Waals surface area contributed by atoms with Gasteiger partial charge in [0.25, 0.3) is 0 Å². The highest BCUT2D eigenvalue weighted by Gasteiger charge is 1.69. The molecular weight excluding hydrogens is 184 g/mol. The van der Waals surface area contributed by atoms with Crippen molar-refractivity contribution in [3.63, 3.8) is 0 Å². The number of allylic oxidation sites excluding steroid dienone is 2. The van der Waals surface area contributed by atoms with Crippen LogP contribution >= 0.6 is 0 Å². The van der Waals surface area contributed by atoms with Gasteiger partial charge in [-0.1, -0.05) is 52.2 Å². The fraction of sp³-hybridized carbons (Fsp3) is 0.714. The van der Waals surface area contributed by atoms with Gasteiger partial charge in [-0.05, 0) is 19.3 Å². The minimum absolute atomic E-state index is 0.344. The number of aliphatic hydroxyl groups is 1. The van der Waals surface area contributed by atoms with Gasteiger partial charge in [0, 0.05) is 6.61 Å². The Morgan fingerprint density at radius 2 is 1.27 bits per heavy atom. The lowest BCUT2D eigenvalue weighted by Crippen LogP contribution is -1.75. The van der Waals surface area contributed by atoms with E-state index < -0.39 is 0 Å². The monoisotopic (exact) mass is 214 g/mol. The highest BCUT2D eigenvalue weighted by atomic mass is 16.2. The molecule has 0 atom stereocenters. The van der Waals surface area contributed by atoms with E-state index >= 15 is 0 Å². The summed E-state index contributed by atoms with van der Waals surface area (Å²) in [7, 11) is 0. The third-order valence-corrected chi connectivity index (χ3v) is 1.50.